The summed E-state index contributed by atoms with van der Waals surface area (Å²) in [5.74, 6) is 3.08. The Morgan fingerprint density at radius 1 is 1.03 bits per heavy atom. The van der Waals surface area contributed by atoms with Gasteiger partial charge in [-0.2, -0.15) is 0 Å². The number of benzene rings is 3. The van der Waals surface area contributed by atoms with Gasteiger partial charge in [-0.25, -0.2) is 0 Å². The quantitative estimate of drug-likeness (QED) is 0.722. The van der Waals surface area contributed by atoms with E-state index < -0.39 is 0 Å². The summed E-state index contributed by atoms with van der Waals surface area (Å²) in [6.45, 7) is 2.61. The number of rotatable bonds is 4. The SMILES string of the molecule is COc1ccc2c(c1OC)C[NH+](C)c1c-2cc(CC(C)=O)c2cc3c(cc12)OCO3. The Balaban J connectivity index is 1.85. The lowest BCUT2D eigenvalue weighted by molar-refractivity contribution is -0.824. The first-order valence-corrected chi connectivity index (χ1v) is 9.97. The molecule has 6 nitrogen and oxygen atoms in total. The van der Waals surface area contributed by atoms with Gasteiger partial charge in [0.15, 0.2) is 23.0 Å². The average Bonchev–Trinajstić information content (AvgIpc) is 3.18. The standard InChI is InChI=1S/C24H23NO5/c1-13(26)7-14-8-17-15-5-6-20(27-3)24(28-4)19(15)11-25(2)23(17)18-10-22-21(9-16(14)18)29-12-30-22/h5-6,8-10H,7,11-12H2,1-4H3/p+1. The highest BCUT2D eigenvalue weighted by Gasteiger charge is 2.32. The Hall–Kier alpha value is -3.25. The van der Waals surface area contributed by atoms with Crippen LogP contribution in [-0.2, 0) is 17.8 Å². The van der Waals surface area contributed by atoms with Crippen LogP contribution in [0.2, 0.25) is 0 Å². The predicted molar refractivity (Wildman–Crippen MR) is 113 cm³/mol. The first kappa shape index (κ1) is 18.8. The molecule has 0 fully saturated rings. The molecule has 2 aliphatic rings. The van der Waals surface area contributed by atoms with Gasteiger partial charge in [0.1, 0.15) is 18.0 Å². The van der Waals surface area contributed by atoms with E-state index in [0.29, 0.717) is 6.42 Å². The fraction of sp³-hybridized carbons (Fsp3) is 0.292. The van der Waals surface area contributed by atoms with Crippen molar-refractivity contribution in [2.24, 2.45) is 0 Å². The van der Waals surface area contributed by atoms with Gasteiger partial charge >= 0.3 is 0 Å². The molecule has 3 aromatic carbocycles. The van der Waals surface area contributed by atoms with E-state index in [4.69, 9.17) is 18.9 Å². The van der Waals surface area contributed by atoms with Gasteiger partial charge in [-0.3, -0.25) is 9.69 Å². The molecule has 2 aliphatic heterocycles. The van der Waals surface area contributed by atoms with Crippen LogP contribution in [0.4, 0.5) is 5.69 Å². The van der Waals surface area contributed by atoms with E-state index in [9.17, 15) is 4.79 Å². The maximum absolute atomic E-state index is 12.1. The van der Waals surface area contributed by atoms with Crippen molar-refractivity contribution in [1.82, 2.24) is 0 Å². The number of ketones is 1. The van der Waals surface area contributed by atoms with Crippen molar-refractivity contribution in [2.45, 2.75) is 19.9 Å². The van der Waals surface area contributed by atoms with E-state index in [0.717, 1.165) is 62.6 Å². The minimum atomic E-state index is 0.123. The van der Waals surface area contributed by atoms with Crippen molar-refractivity contribution < 1.29 is 28.6 Å². The minimum absolute atomic E-state index is 0.123. The monoisotopic (exact) mass is 406 g/mol. The molecule has 3 aromatic rings. The highest BCUT2D eigenvalue weighted by Crippen LogP contribution is 2.47. The lowest BCUT2D eigenvalue weighted by atomic mass is 9.86. The van der Waals surface area contributed by atoms with Crippen LogP contribution in [0.1, 0.15) is 18.1 Å². The molecule has 1 unspecified atom stereocenters. The average molecular weight is 406 g/mol. The molecule has 30 heavy (non-hydrogen) atoms. The largest absolute Gasteiger partial charge is 0.493 e. The highest BCUT2D eigenvalue weighted by atomic mass is 16.7. The Morgan fingerprint density at radius 2 is 1.77 bits per heavy atom. The molecule has 0 saturated heterocycles. The fourth-order valence-electron chi connectivity index (χ4n) is 4.74. The van der Waals surface area contributed by atoms with Crippen molar-refractivity contribution in [2.75, 3.05) is 28.1 Å². The number of fused-ring (bicyclic) bond motifs is 6. The van der Waals surface area contributed by atoms with Crippen molar-refractivity contribution in [1.29, 1.82) is 0 Å². The van der Waals surface area contributed by atoms with Crippen molar-refractivity contribution in [3.05, 3.63) is 41.5 Å². The second-order valence-corrected chi connectivity index (χ2v) is 7.87. The summed E-state index contributed by atoms with van der Waals surface area (Å²) in [6.07, 6.45) is 0.366. The molecule has 0 spiro atoms. The van der Waals surface area contributed by atoms with Crippen LogP contribution in [0.3, 0.4) is 0 Å². The second-order valence-electron chi connectivity index (χ2n) is 7.87. The normalized spacial score (nSPS) is 16.2. The van der Waals surface area contributed by atoms with Crippen molar-refractivity contribution in [3.63, 3.8) is 0 Å². The van der Waals surface area contributed by atoms with E-state index in [1.807, 2.05) is 12.1 Å². The number of hydrogen-bond acceptors (Lipinski definition) is 5. The van der Waals surface area contributed by atoms with E-state index in [1.165, 1.54) is 10.6 Å². The maximum Gasteiger partial charge on any atom is 0.231 e. The predicted octanol–water partition coefficient (Wildman–Crippen LogP) is 3.04. The zero-order valence-corrected chi connectivity index (χ0v) is 17.5. The van der Waals surface area contributed by atoms with Crippen LogP contribution in [0.15, 0.2) is 30.3 Å². The van der Waals surface area contributed by atoms with E-state index in [2.05, 4.69) is 25.2 Å². The molecule has 0 radical (unpaired) electrons. The van der Waals surface area contributed by atoms with Crippen LogP contribution < -0.4 is 23.8 Å². The number of carbonyl (C=O) groups excluding carboxylic acids is 1. The number of nitrogens with one attached hydrogen (secondary N) is 1. The van der Waals surface area contributed by atoms with Gasteiger partial charge in [0.25, 0.3) is 0 Å². The number of Topliss-reactive ketones (excluding diaryl/α,β-unsaturated/α-hetero) is 1. The van der Waals surface area contributed by atoms with E-state index >= 15 is 0 Å². The Kier molecular flexibility index (Phi) is 4.33. The Morgan fingerprint density at radius 3 is 2.43 bits per heavy atom. The third kappa shape index (κ3) is 2.71. The van der Waals surface area contributed by atoms with E-state index in [1.54, 1.807) is 21.1 Å². The van der Waals surface area contributed by atoms with Crippen LogP contribution in [0.5, 0.6) is 23.0 Å². The second kappa shape index (κ2) is 6.92. The number of carbonyl (C=O) groups is 1. The molecule has 5 rings (SSSR count). The summed E-state index contributed by atoms with van der Waals surface area (Å²) in [4.78, 5) is 13.3. The molecule has 0 aromatic heterocycles. The maximum atomic E-state index is 12.1. The van der Waals surface area contributed by atoms with Gasteiger partial charge in [0.05, 0.1) is 26.8 Å². The Bertz CT molecular complexity index is 1200. The minimum Gasteiger partial charge on any atom is -0.493 e. The summed E-state index contributed by atoms with van der Waals surface area (Å²) < 4.78 is 22.5. The fourth-order valence-corrected chi connectivity index (χ4v) is 4.74. The molecular formula is C24H24NO5+. The van der Waals surface area contributed by atoms with Crippen molar-refractivity contribution in [3.8, 4) is 34.1 Å². The molecule has 1 N–H and O–H groups in total. The topological polar surface area (TPSA) is 58.4 Å². The van der Waals surface area contributed by atoms with Gasteiger partial charge in [-0.15, -0.1) is 0 Å². The smallest absolute Gasteiger partial charge is 0.231 e. The molecular weight excluding hydrogens is 382 g/mol. The first-order valence-electron chi connectivity index (χ1n) is 9.97. The first-order chi connectivity index (χ1) is 14.5. The lowest BCUT2D eigenvalue weighted by Gasteiger charge is -2.29. The molecule has 154 valence electrons. The zero-order valence-electron chi connectivity index (χ0n) is 17.5. The third-order valence-corrected chi connectivity index (χ3v) is 5.96. The molecule has 2 heterocycles. The molecule has 1 atom stereocenters. The van der Waals surface area contributed by atoms with E-state index in [-0.39, 0.29) is 12.6 Å². The summed E-state index contributed by atoms with van der Waals surface area (Å²) >= 11 is 0. The number of ether oxygens (including phenoxy) is 4. The summed E-state index contributed by atoms with van der Waals surface area (Å²) in [5, 5.41) is 2.13. The molecule has 0 aliphatic carbocycles. The van der Waals surface area contributed by atoms with Gasteiger partial charge in [0.2, 0.25) is 6.79 Å². The summed E-state index contributed by atoms with van der Waals surface area (Å²) in [5.41, 5.74) is 5.51. The zero-order chi connectivity index (χ0) is 21.0. The molecule has 0 bridgehead atoms. The number of methoxy groups -OCH3 is 2. The van der Waals surface area contributed by atoms with Gasteiger partial charge in [-0.05, 0) is 48.2 Å². The van der Waals surface area contributed by atoms with Crippen LogP contribution in [0, 0.1) is 0 Å². The Labute approximate surface area is 174 Å². The van der Waals surface area contributed by atoms with Crippen LogP contribution in [0.25, 0.3) is 21.9 Å². The van der Waals surface area contributed by atoms with Gasteiger partial charge < -0.3 is 18.9 Å². The van der Waals surface area contributed by atoms with Crippen LogP contribution >= 0.6 is 0 Å². The number of quaternary nitrogens is 1. The summed E-state index contributed by atoms with van der Waals surface area (Å²) in [7, 11) is 5.47. The van der Waals surface area contributed by atoms with Crippen LogP contribution in [-0.4, -0.2) is 33.8 Å². The molecule has 0 saturated carbocycles. The van der Waals surface area contributed by atoms with Crippen molar-refractivity contribution >= 4 is 22.2 Å². The molecule has 6 heteroatoms. The van der Waals surface area contributed by atoms with Gasteiger partial charge in [0, 0.05) is 22.9 Å². The van der Waals surface area contributed by atoms with Gasteiger partial charge in [-0.1, -0.05) is 0 Å². The number of hydrogen-bond donors (Lipinski definition) is 1. The third-order valence-electron chi connectivity index (χ3n) is 5.96. The molecule has 0 amide bonds. The lowest BCUT2D eigenvalue weighted by Crippen LogP contribution is -3.03. The highest BCUT2D eigenvalue weighted by molar-refractivity contribution is 6.04. The summed E-state index contributed by atoms with van der Waals surface area (Å²) in [6, 6.07) is 10.2.